The first-order valence-corrected chi connectivity index (χ1v) is 6.25. The van der Waals surface area contributed by atoms with E-state index >= 15 is 0 Å². The fraction of sp³-hybridized carbons (Fsp3) is 0.467. The van der Waals surface area contributed by atoms with Crippen LogP contribution in [-0.2, 0) is 14.3 Å². The highest BCUT2D eigenvalue weighted by molar-refractivity contribution is 5.97. The minimum atomic E-state index is -0.365. The number of ketones is 1. The number of fused-ring (bicyclic) bond motifs is 1. The van der Waals surface area contributed by atoms with Crippen LogP contribution in [0.15, 0.2) is 36.0 Å². The van der Waals surface area contributed by atoms with Crippen molar-refractivity contribution in [2.75, 3.05) is 0 Å². The van der Waals surface area contributed by atoms with Crippen molar-refractivity contribution < 1.29 is 14.3 Å². The van der Waals surface area contributed by atoms with Gasteiger partial charge in [0.15, 0.2) is 5.78 Å². The zero-order valence-electron chi connectivity index (χ0n) is 10.7. The number of hydrogen-bond acceptors (Lipinski definition) is 3. The molecule has 0 aromatic heterocycles. The number of carbonyl (C=O) groups excluding carboxylic acids is 2. The van der Waals surface area contributed by atoms with Gasteiger partial charge >= 0.3 is 5.97 Å². The molecule has 0 amide bonds. The molecule has 1 aliphatic heterocycles. The molecule has 1 fully saturated rings. The summed E-state index contributed by atoms with van der Waals surface area (Å²) in [5, 5.41) is 0. The molecule has 2 atom stereocenters. The lowest BCUT2D eigenvalue weighted by molar-refractivity contribution is -0.139. The maximum absolute atomic E-state index is 12.0. The molecule has 18 heavy (non-hydrogen) atoms. The SMILES string of the molecule is C=C1CC/C=C(\C)C[C@@H]2OC(=O)C(=C)[C@H]2CC1=O. The molecule has 0 spiro atoms. The highest BCUT2D eigenvalue weighted by Gasteiger charge is 2.39. The van der Waals surface area contributed by atoms with E-state index in [0.29, 0.717) is 30.4 Å². The molecule has 3 nitrogen and oxygen atoms in total. The molecular weight excluding hydrogens is 228 g/mol. The van der Waals surface area contributed by atoms with Crippen LogP contribution in [0.1, 0.15) is 32.6 Å². The predicted octanol–water partition coefficient (Wildman–Crippen LogP) is 2.73. The smallest absolute Gasteiger partial charge is 0.334 e. The van der Waals surface area contributed by atoms with Crippen LogP contribution in [0, 0.1) is 5.92 Å². The number of hydrogen-bond donors (Lipinski definition) is 0. The van der Waals surface area contributed by atoms with Crippen molar-refractivity contribution in [3.8, 4) is 0 Å². The summed E-state index contributed by atoms with van der Waals surface area (Å²) in [4.78, 5) is 23.5. The summed E-state index contributed by atoms with van der Waals surface area (Å²) in [5.74, 6) is -0.531. The lowest BCUT2D eigenvalue weighted by atomic mass is 9.85. The van der Waals surface area contributed by atoms with E-state index in [1.807, 2.05) is 6.92 Å². The third kappa shape index (κ3) is 2.45. The second-order valence-corrected chi connectivity index (χ2v) is 5.10. The Hall–Kier alpha value is -1.64. The minimum absolute atomic E-state index is 0.0254. The lowest BCUT2D eigenvalue weighted by Gasteiger charge is -2.19. The maximum atomic E-state index is 12.0. The normalized spacial score (nSPS) is 32.6. The van der Waals surface area contributed by atoms with Crippen molar-refractivity contribution >= 4 is 11.8 Å². The third-order valence-corrected chi connectivity index (χ3v) is 3.68. The third-order valence-electron chi connectivity index (χ3n) is 3.68. The van der Waals surface area contributed by atoms with Gasteiger partial charge in [0.25, 0.3) is 0 Å². The van der Waals surface area contributed by atoms with Gasteiger partial charge in [-0.3, -0.25) is 4.79 Å². The standard InChI is InChI=1S/C15H18O3/c1-9-5-4-6-10(2)13(16)8-12-11(3)15(17)18-14(12)7-9/h5,12,14H,2-4,6-8H2,1H3/b9-5+/t12-,14+/m1/s1. The van der Waals surface area contributed by atoms with Gasteiger partial charge in [-0.2, -0.15) is 0 Å². The summed E-state index contributed by atoms with van der Waals surface area (Å²) in [6, 6.07) is 0. The number of ether oxygens (including phenoxy) is 1. The monoisotopic (exact) mass is 246 g/mol. The van der Waals surface area contributed by atoms with Crippen LogP contribution in [0.4, 0.5) is 0 Å². The van der Waals surface area contributed by atoms with E-state index < -0.39 is 0 Å². The van der Waals surface area contributed by atoms with Crippen molar-refractivity contribution in [3.63, 3.8) is 0 Å². The van der Waals surface area contributed by atoms with Crippen molar-refractivity contribution in [2.24, 2.45) is 5.92 Å². The molecule has 1 heterocycles. The predicted molar refractivity (Wildman–Crippen MR) is 68.9 cm³/mol. The van der Waals surface area contributed by atoms with Crippen molar-refractivity contribution in [2.45, 2.75) is 38.7 Å². The summed E-state index contributed by atoms with van der Waals surface area (Å²) in [6.45, 7) is 9.60. The number of carbonyl (C=O) groups is 2. The maximum Gasteiger partial charge on any atom is 0.334 e. The first-order valence-electron chi connectivity index (χ1n) is 6.25. The van der Waals surface area contributed by atoms with Crippen LogP contribution in [0.2, 0.25) is 0 Å². The Labute approximate surface area is 107 Å². The number of Topliss-reactive ketones (excluding diaryl/α,β-unsaturated/α-hetero) is 1. The molecule has 2 aliphatic rings. The quantitative estimate of drug-likeness (QED) is 0.375. The molecule has 2 rings (SSSR count). The van der Waals surface area contributed by atoms with E-state index in [4.69, 9.17) is 4.74 Å². The van der Waals surface area contributed by atoms with E-state index in [0.717, 1.165) is 6.42 Å². The Bertz CT molecular complexity index is 456. The first kappa shape index (κ1) is 12.8. The molecular formula is C15H18O3. The molecule has 96 valence electrons. The molecule has 1 aliphatic carbocycles. The van der Waals surface area contributed by atoms with Crippen LogP contribution in [0.25, 0.3) is 0 Å². The van der Waals surface area contributed by atoms with Gasteiger partial charge in [-0.1, -0.05) is 24.8 Å². The van der Waals surface area contributed by atoms with Crippen LogP contribution in [-0.4, -0.2) is 17.9 Å². The highest BCUT2D eigenvalue weighted by atomic mass is 16.6. The zero-order chi connectivity index (χ0) is 13.3. The van der Waals surface area contributed by atoms with Gasteiger partial charge in [0.05, 0.1) is 0 Å². The topological polar surface area (TPSA) is 43.4 Å². The molecule has 0 aromatic rings. The van der Waals surface area contributed by atoms with Gasteiger partial charge in [0.1, 0.15) is 6.10 Å². The van der Waals surface area contributed by atoms with Crippen LogP contribution >= 0.6 is 0 Å². The average Bonchev–Trinajstić information content (AvgIpc) is 2.56. The van der Waals surface area contributed by atoms with E-state index in [-0.39, 0.29) is 23.8 Å². The van der Waals surface area contributed by atoms with Gasteiger partial charge < -0.3 is 4.74 Å². The Balaban J connectivity index is 2.28. The average molecular weight is 246 g/mol. The summed E-state index contributed by atoms with van der Waals surface area (Å²) in [6.07, 6.45) is 4.35. The highest BCUT2D eigenvalue weighted by Crippen LogP contribution is 2.34. The van der Waals surface area contributed by atoms with E-state index in [2.05, 4.69) is 19.2 Å². The lowest BCUT2D eigenvalue weighted by Crippen LogP contribution is -2.21. The Morgan fingerprint density at radius 1 is 1.28 bits per heavy atom. The molecule has 0 saturated carbocycles. The Morgan fingerprint density at radius 2 is 2.00 bits per heavy atom. The van der Waals surface area contributed by atoms with Gasteiger partial charge in [0.2, 0.25) is 0 Å². The van der Waals surface area contributed by atoms with Crippen molar-refractivity contribution in [1.29, 1.82) is 0 Å². The molecule has 0 aromatic carbocycles. The number of esters is 1. The fourth-order valence-corrected chi connectivity index (χ4v) is 2.49. The fourth-order valence-electron chi connectivity index (χ4n) is 2.49. The van der Waals surface area contributed by atoms with Crippen LogP contribution in [0.3, 0.4) is 0 Å². The minimum Gasteiger partial charge on any atom is -0.458 e. The van der Waals surface area contributed by atoms with Gasteiger partial charge in [0, 0.05) is 24.3 Å². The van der Waals surface area contributed by atoms with E-state index in [1.165, 1.54) is 5.57 Å². The summed E-state index contributed by atoms with van der Waals surface area (Å²) >= 11 is 0. The Kier molecular flexibility index (Phi) is 3.50. The number of rotatable bonds is 0. The Morgan fingerprint density at radius 3 is 2.72 bits per heavy atom. The molecule has 0 N–H and O–H groups in total. The summed E-state index contributed by atoms with van der Waals surface area (Å²) < 4.78 is 5.30. The second kappa shape index (κ2) is 4.92. The zero-order valence-corrected chi connectivity index (χ0v) is 10.7. The first-order chi connectivity index (χ1) is 8.49. The molecule has 3 heteroatoms. The second-order valence-electron chi connectivity index (χ2n) is 5.10. The van der Waals surface area contributed by atoms with E-state index in [1.54, 1.807) is 0 Å². The van der Waals surface area contributed by atoms with E-state index in [9.17, 15) is 9.59 Å². The van der Waals surface area contributed by atoms with Gasteiger partial charge in [-0.15, -0.1) is 0 Å². The largest absolute Gasteiger partial charge is 0.458 e. The summed E-state index contributed by atoms with van der Waals surface area (Å²) in [5.41, 5.74) is 2.25. The van der Waals surface area contributed by atoms with Crippen LogP contribution in [0.5, 0.6) is 0 Å². The number of allylic oxidation sites excluding steroid dienone is 2. The van der Waals surface area contributed by atoms with Crippen LogP contribution < -0.4 is 0 Å². The molecule has 1 saturated heterocycles. The molecule has 0 radical (unpaired) electrons. The van der Waals surface area contributed by atoms with Gasteiger partial charge in [-0.25, -0.2) is 4.79 Å². The van der Waals surface area contributed by atoms with Gasteiger partial charge in [-0.05, 0) is 25.3 Å². The van der Waals surface area contributed by atoms with Crippen molar-refractivity contribution in [1.82, 2.24) is 0 Å². The molecule has 0 unspecified atom stereocenters. The van der Waals surface area contributed by atoms with Crippen molar-refractivity contribution in [3.05, 3.63) is 36.0 Å². The molecule has 0 bridgehead atoms. The summed E-state index contributed by atoms with van der Waals surface area (Å²) in [7, 11) is 0.